The van der Waals surface area contributed by atoms with Crippen molar-refractivity contribution in [2.45, 2.75) is 44.1 Å². The Kier molecular flexibility index (Phi) is 5.63. The molecule has 0 saturated carbocycles. The zero-order valence-electron chi connectivity index (χ0n) is 13.2. The van der Waals surface area contributed by atoms with E-state index in [-0.39, 0.29) is 16.8 Å². The molecule has 1 aromatic rings. The number of nitrogens with one attached hydrogen (secondary N) is 1. The third-order valence-electron chi connectivity index (χ3n) is 4.16. The van der Waals surface area contributed by atoms with E-state index in [1.165, 1.54) is 32.0 Å². The van der Waals surface area contributed by atoms with Crippen molar-refractivity contribution in [2.75, 3.05) is 20.1 Å². The van der Waals surface area contributed by atoms with Crippen LogP contribution in [0.15, 0.2) is 21.6 Å². The van der Waals surface area contributed by atoms with Gasteiger partial charge in [0.25, 0.3) is 15.9 Å². The van der Waals surface area contributed by atoms with Gasteiger partial charge < -0.3 is 9.32 Å². The van der Waals surface area contributed by atoms with Gasteiger partial charge in [-0.1, -0.05) is 19.8 Å². The number of hydrogen-bond acceptors (Lipinski definition) is 4. The fraction of sp³-hybridized carbons (Fsp3) is 0.667. The Labute approximate surface area is 131 Å². The van der Waals surface area contributed by atoms with Crippen LogP contribution in [0.25, 0.3) is 0 Å². The summed E-state index contributed by atoms with van der Waals surface area (Å²) in [7, 11) is -2.34. The van der Waals surface area contributed by atoms with E-state index in [0.717, 1.165) is 19.3 Å². The molecule has 1 saturated heterocycles. The molecule has 1 aliphatic rings. The fourth-order valence-corrected chi connectivity index (χ4v) is 3.55. The molecule has 22 heavy (non-hydrogen) atoms. The number of carbonyl (C=O) groups excluding carboxylic acids is 1. The summed E-state index contributed by atoms with van der Waals surface area (Å²) in [5, 5.41) is -0.225. The van der Waals surface area contributed by atoms with Crippen molar-refractivity contribution in [3.8, 4) is 0 Å². The molecule has 0 spiro atoms. The number of likely N-dealkylation sites (tertiary alicyclic amines) is 1. The van der Waals surface area contributed by atoms with Crippen molar-refractivity contribution < 1.29 is 17.6 Å². The van der Waals surface area contributed by atoms with Crippen LogP contribution >= 0.6 is 0 Å². The summed E-state index contributed by atoms with van der Waals surface area (Å²) < 4.78 is 30.7. The number of nitrogens with zero attached hydrogens (tertiary/aromatic N) is 1. The number of hydrogen-bond donors (Lipinski definition) is 1. The maximum atomic E-state index is 12.5. The highest BCUT2D eigenvalue weighted by molar-refractivity contribution is 7.89. The zero-order chi connectivity index (χ0) is 16.2. The van der Waals surface area contributed by atoms with Crippen LogP contribution in [-0.2, 0) is 10.0 Å². The van der Waals surface area contributed by atoms with E-state index in [4.69, 9.17) is 4.42 Å². The highest BCUT2D eigenvalue weighted by Crippen LogP contribution is 2.23. The summed E-state index contributed by atoms with van der Waals surface area (Å²) in [4.78, 5) is 14.2. The molecule has 1 atom stereocenters. The lowest BCUT2D eigenvalue weighted by Gasteiger charge is -2.19. The molecule has 0 unspecified atom stereocenters. The van der Waals surface area contributed by atoms with Gasteiger partial charge in [-0.15, -0.1) is 0 Å². The van der Waals surface area contributed by atoms with E-state index in [9.17, 15) is 13.2 Å². The first-order chi connectivity index (χ1) is 10.5. The molecule has 124 valence electrons. The molecule has 1 aliphatic heterocycles. The predicted molar refractivity (Wildman–Crippen MR) is 83.1 cm³/mol. The van der Waals surface area contributed by atoms with Crippen LogP contribution in [-0.4, -0.2) is 39.4 Å². The summed E-state index contributed by atoms with van der Waals surface area (Å²) >= 11 is 0. The Bertz CT molecular complexity index is 609. The third kappa shape index (κ3) is 3.89. The lowest BCUT2D eigenvalue weighted by atomic mass is 9.96. The minimum absolute atomic E-state index is 0.0859. The second kappa shape index (κ2) is 7.28. The molecule has 2 heterocycles. The van der Waals surface area contributed by atoms with Crippen LogP contribution in [0.2, 0.25) is 0 Å². The van der Waals surface area contributed by atoms with E-state index in [1.54, 1.807) is 4.90 Å². The van der Waals surface area contributed by atoms with E-state index in [2.05, 4.69) is 11.6 Å². The highest BCUT2D eigenvalue weighted by Gasteiger charge is 2.25. The van der Waals surface area contributed by atoms with Gasteiger partial charge >= 0.3 is 0 Å². The van der Waals surface area contributed by atoms with Crippen LogP contribution in [0.5, 0.6) is 0 Å². The van der Waals surface area contributed by atoms with Gasteiger partial charge in [-0.25, -0.2) is 13.1 Å². The molecule has 1 amide bonds. The third-order valence-corrected chi connectivity index (χ3v) is 5.44. The lowest BCUT2D eigenvalue weighted by molar-refractivity contribution is 0.0722. The first-order valence-electron chi connectivity index (χ1n) is 7.80. The Morgan fingerprint density at radius 3 is 2.82 bits per heavy atom. The Morgan fingerprint density at radius 1 is 1.36 bits per heavy atom. The number of amides is 1. The van der Waals surface area contributed by atoms with Gasteiger partial charge in [0, 0.05) is 13.1 Å². The van der Waals surface area contributed by atoms with Gasteiger partial charge in [0.1, 0.15) is 0 Å². The quantitative estimate of drug-likeness (QED) is 0.899. The molecule has 2 rings (SSSR count). The first-order valence-corrected chi connectivity index (χ1v) is 9.29. The van der Waals surface area contributed by atoms with Gasteiger partial charge in [0.05, 0.1) is 0 Å². The summed E-state index contributed by atoms with van der Waals surface area (Å²) in [6.07, 6.45) is 5.51. The van der Waals surface area contributed by atoms with Crippen molar-refractivity contribution >= 4 is 15.9 Å². The van der Waals surface area contributed by atoms with Crippen molar-refractivity contribution in [2.24, 2.45) is 5.92 Å². The second-order valence-electron chi connectivity index (χ2n) is 5.70. The summed E-state index contributed by atoms with van der Waals surface area (Å²) in [5.41, 5.74) is 0. The predicted octanol–water partition coefficient (Wildman–Crippen LogP) is 2.23. The molecule has 0 radical (unpaired) electrons. The van der Waals surface area contributed by atoms with E-state index in [0.29, 0.717) is 19.0 Å². The summed E-state index contributed by atoms with van der Waals surface area (Å²) in [6, 6.07) is 2.75. The van der Waals surface area contributed by atoms with Gasteiger partial charge in [-0.2, -0.15) is 0 Å². The molecule has 1 N–H and O–H groups in total. The zero-order valence-corrected chi connectivity index (χ0v) is 14.0. The maximum absolute atomic E-state index is 12.5. The van der Waals surface area contributed by atoms with E-state index in [1.807, 2.05) is 0 Å². The Balaban J connectivity index is 2.06. The molecule has 1 fully saturated rings. The second-order valence-corrected chi connectivity index (χ2v) is 7.52. The molecule has 6 nitrogen and oxygen atoms in total. The minimum Gasteiger partial charge on any atom is -0.438 e. The van der Waals surface area contributed by atoms with E-state index >= 15 is 0 Å². The average molecular weight is 328 g/mol. The SMILES string of the molecule is CCC[C@@H]1CCCN(C(=O)c2ccc(S(=O)(=O)NC)o2)CC1. The Hall–Kier alpha value is -1.34. The topological polar surface area (TPSA) is 79.6 Å². The fourth-order valence-electron chi connectivity index (χ4n) is 2.90. The lowest BCUT2D eigenvalue weighted by Crippen LogP contribution is -2.31. The first kappa shape index (κ1) is 17.0. The van der Waals surface area contributed by atoms with Crippen molar-refractivity contribution in [3.05, 3.63) is 17.9 Å². The van der Waals surface area contributed by atoms with Crippen LogP contribution in [0, 0.1) is 5.92 Å². The van der Waals surface area contributed by atoms with Crippen LogP contribution in [0.3, 0.4) is 0 Å². The van der Waals surface area contributed by atoms with Gasteiger partial charge in [0.2, 0.25) is 5.09 Å². The van der Waals surface area contributed by atoms with Crippen molar-refractivity contribution in [1.82, 2.24) is 9.62 Å². The molecule has 0 bridgehead atoms. The molecule has 0 aromatic carbocycles. The maximum Gasteiger partial charge on any atom is 0.289 e. The van der Waals surface area contributed by atoms with E-state index < -0.39 is 10.0 Å². The number of carbonyl (C=O) groups is 1. The highest BCUT2D eigenvalue weighted by atomic mass is 32.2. The molecule has 0 aliphatic carbocycles. The largest absolute Gasteiger partial charge is 0.438 e. The van der Waals surface area contributed by atoms with Gasteiger partial charge in [0.15, 0.2) is 5.76 Å². The van der Waals surface area contributed by atoms with Crippen LogP contribution in [0.1, 0.15) is 49.6 Å². The van der Waals surface area contributed by atoms with Gasteiger partial charge in [-0.05, 0) is 44.4 Å². The molecular formula is C15H24N2O4S. The standard InChI is InChI=1S/C15H24N2O4S/c1-3-5-12-6-4-10-17(11-9-12)15(18)13-7-8-14(21-13)22(19,20)16-2/h7-8,12,16H,3-6,9-11H2,1-2H3/t12-/m1/s1. The van der Waals surface area contributed by atoms with Crippen LogP contribution < -0.4 is 4.72 Å². The summed E-state index contributed by atoms with van der Waals surface area (Å²) in [5.74, 6) is 0.539. The molecular weight excluding hydrogens is 304 g/mol. The van der Waals surface area contributed by atoms with Crippen LogP contribution in [0.4, 0.5) is 0 Å². The monoisotopic (exact) mass is 328 g/mol. The normalized spacial score (nSPS) is 19.9. The van der Waals surface area contributed by atoms with Crippen molar-refractivity contribution in [1.29, 1.82) is 0 Å². The van der Waals surface area contributed by atoms with Gasteiger partial charge in [-0.3, -0.25) is 4.79 Å². The summed E-state index contributed by atoms with van der Waals surface area (Å²) in [6.45, 7) is 3.59. The average Bonchev–Trinajstić information content (AvgIpc) is 2.89. The smallest absolute Gasteiger partial charge is 0.289 e. The number of furan rings is 1. The minimum atomic E-state index is -3.65. The molecule has 7 heteroatoms. The van der Waals surface area contributed by atoms with Crippen molar-refractivity contribution in [3.63, 3.8) is 0 Å². The number of sulfonamides is 1. The molecule has 1 aromatic heterocycles. The Morgan fingerprint density at radius 2 is 2.14 bits per heavy atom. The number of rotatable bonds is 5.